The van der Waals surface area contributed by atoms with E-state index in [9.17, 15) is 20.1 Å². The van der Waals surface area contributed by atoms with Crippen molar-refractivity contribution in [1.29, 1.82) is 0 Å². The standard InChI is InChI=1S/C11H15NO6S/c13-4-5-7(14)8(15)9(16)11(18-5)12-10(17)6-2-1-3-19-6/h1-3,5,7-9,11,13-16H,4H2,(H,12,17)/t5-,7+,8+,9-,11-/m1/s1. The Kier molecular flexibility index (Phi) is 4.50. The number of ether oxygens (including phenoxy) is 1. The van der Waals surface area contributed by atoms with Gasteiger partial charge in [0.05, 0.1) is 11.5 Å². The van der Waals surface area contributed by atoms with Crippen molar-refractivity contribution in [3.8, 4) is 0 Å². The molecule has 0 aromatic carbocycles. The SMILES string of the molecule is O=C(N[C@@H]1O[C@H](CO)[C@H](O)[C@H](O)[C@H]1O)c1cccs1. The number of hydrogen-bond acceptors (Lipinski definition) is 7. The fourth-order valence-electron chi connectivity index (χ4n) is 1.83. The molecular weight excluding hydrogens is 274 g/mol. The zero-order valence-electron chi connectivity index (χ0n) is 9.84. The van der Waals surface area contributed by atoms with Gasteiger partial charge in [0.25, 0.3) is 5.91 Å². The first-order valence-corrected chi connectivity index (χ1v) is 6.57. The molecule has 2 rings (SSSR count). The van der Waals surface area contributed by atoms with Crippen molar-refractivity contribution < 1.29 is 30.0 Å². The molecule has 1 amide bonds. The molecule has 0 spiro atoms. The van der Waals surface area contributed by atoms with Crippen LogP contribution in [0.1, 0.15) is 9.67 Å². The summed E-state index contributed by atoms with van der Waals surface area (Å²) in [5, 5.41) is 42.0. The number of amides is 1. The Morgan fingerprint density at radius 1 is 1.32 bits per heavy atom. The molecule has 1 fully saturated rings. The molecule has 0 saturated carbocycles. The summed E-state index contributed by atoms with van der Waals surface area (Å²) in [6, 6.07) is 3.30. The first-order chi connectivity index (χ1) is 9.04. The third-order valence-electron chi connectivity index (χ3n) is 2.91. The minimum Gasteiger partial charge on any atom is -0.394 e. The van der Waals surface area contributed by atoms with Crippen LogP contribution < -0.4 is 5.32 Å². The van der Waals surface area contributed by atoms with Gasteiger partial charge < -0.3 is 30.5 Å². The lowest BCUT2D eigenvalue weighted by Gasteiger charge is -2.40. The van der Waals surface area contributed by atoms with E-state index in [1.165, 1.54) is 11.3 Å². The summed E-state index contributed by atoms with van der Waals surface area (Å²) in [4.78, 5) is 12.2. The van der Waals surface area contributed by atoms with Crippen LogP contribution in [0.25, 0.3) is 0 Å². The molecule has 1 saturated heterocycles. The van der Waals surface area contributed by atoms with Gasteiger partial charge in [0.15, 0.2) is 6.23 Å². The summed E-state index contributed by atoms with van der Waals surface area (Å²) >= 11 is 1.22. The van der Waals surface area contributed by atoms with E-state index in [1.54, 1.807) is 17.5 Å². The second kappa shape index (κ2) is 5.95. The fraction of sp³-hybridized carbons (Fsp3) is 0.545. The molecule has 1 aromatic heterocycles. The van der Waals surface area contributed by atoms with E-state index in [-0.39, 0.29) is 0 Å². The number of carbonyl (C=O) groups is 1. The molecule has 0 unspecified atom stereocenters. The minimum atomic E-state index is -1.50. The van der Waals surface area contributed by atoms with Crippen LogP contribution in [0.15, 0.2) is 17.5 Å². The average molecular weight is 289 g/mol. The van der Waals surface area contributed by atoms with Crippen molar-refractivity contribution in [1.82, 2.24) is 5.32 Å². The van der Waals surface area contributed by atoms with Gasteiger partial charge in [0, 0.05) is 0 Å². The predicted molar refractivity (Wildman–Crippen MR) is 65.6 cm³/mol. The molecule has 5 N–H and O–H groups in total. The van der Waals surface area contributed by atoms with Crippen LogP contribution in [0.3, 0.4) is 0 Å². The molecule has 1 aromatic rings. The van der Waals surface area contributed by atoms with E-state index < -0.39 is 43.2 Å². The van der Waals surface area contributed by atoms with Crippen molar-refractivity contribution in [3.05, 3.63) is 22.4 Å². The van der Waals surface area contributed by atoms with Gasteiger partial charge in [-0.15, -0.1) is 11.3 Å². The van der Waals surface area contributed by atoms with Crippen LogP contribution in [0, 0.1) is 0 Å². The normalized spacial score (nSPS) is 35.1. The number of thiophene rings is 1. The topological polar surface area (TPSA) is 119 Å². The molecule has 0 bridgehead atoms. The highest BCUT2D eigenvalue weighted by molar-refractivity contribution is 7.12. The van der Waals surface area contributed by atoms with Crippen molar-refractivity contribution in [2.45, 2.75) is 30.6 Å². The largest absolute Gasteiger partial charge is 0.394 e. The Bertz CT molecular complexity index is 423. The van der Waals surface area contributed by atoms with E-state index in [4.69, 9.17) is 9.84 Å². The quantitative estimate of drug-likeness (QED) is 0.451. The third-order valence-corrected chi connectivity index (χ3v) is 3.78. The Hall–Kier alpha value is -1.03. The molecule has 19 heavy (non-hydrogen) atoms. The number of aliphatic hydroxyl groups excluding tert-OH is 4. The highest BCUT2D eigenvalue weighted by atomic mass is 32.1. The first kappa shape index (κ1) is 14.4. The van der Waals surface area contributed by atoms with Crippen LogP contribution >= 0.6 is 11.3 Å². The van der Waals surface area contributed by atoms with Gasteiger partial charge in [0.1, 0.15) is 24.4 Å². The third kappa shape index (κ3) is 2.94. The van der Waals surface area contributed by atoms with Gasteiger partial charge in [-0.1, -0.05) is 6.07 Å². The first-order valence-electron chi connectivity index (χ1n) is 5.69. The molecule has 1 aliphatic heterocycles. The van der Waals surface area contributed by atoms with E-state index in [0.29, 0.717) is 4.88 Å². The lowest BCUT2D eigenvalue weighted by Crippen LogP contribution is -2.63. The van der Waals surface area contributed by atoms with Gasteiger partial charge in [-0.05, 0) is 11.4 Å². The van der Waals surface area contributed by atoms with Crippen LogP contribution in [-0.4, -0.2) is 63.6 Å². The van der Waals surface area contributed by atoms with Gasteiger partial charge in [-0.25, -0.2) is 0 Å². The van der Waals surface area contributed by atoms with Crippen LogP contribution in [0.2, 0.25) is 0 Å². The monoisotopic (exact) mass is 289 g/mol. The van der Waals surface area contributed by atoms with Crippen molar-refractivity contribution in [2.24, 2.45) is 0 Å². The van der Waals surface area contributed by atoms with Crippen molar-refractivity contribution in [3.63, 3.8) is 0 Å². The van der Waals surface area contributed by atoms with Crippen LogP contribution in [-0.2, 0) is 4.74 Å². The summed E-state index contributed by atoms with van der Waals surface area (Å²) in [5.41, 5.74) is 0. The Morgan fingerprint density at radius 3 is 2.63 bits per heavy atom. The molecule has 106 valence electrons. The summed E-state index contributed by atoms with van der Waals surface area (Å²) in [6.07, 6.45) is -6.63. The summed E-state index contributed by atoms with van der Waals surface area (Å²) in [6.45, 7) is -0.531. The van der Waals surface area contributed by atoms with Gasteiger partial charge >= 0.3 is 0 Å². The molecule has 8 heteroatoms. The summed E-state index contributed by atoms with van der Waals surface area (Å²) in [5.74, 6) is -0.459. The Balaban J connectivity index is 2.05. The smallest absolute Gasteiger partial charge is 0.263 e. The van der Waals surface area contributed by atoms with Crippen molar-refractivity contribution in [2.75, 3.05) is 6.61 Å². The second-order valence-electron chi connectivity index (χ2n) is 4.20. The maximum atomic E-state index is 11.8. The van der Waals surface area contributed by atoms with Crippen LogP contribution in [0.4, 0.5) is 0 Å². The molecule has 0 radical (unpaired) electrons. The zero-order valence-corrected chi connectivity index (χ0v) is 10.7. The van der Waals surface area contributed by atoms with E-state index in [0.717, 1.165) is 0 Å². The molecule has 1 aliphatic rings. The maximum absolute atomic E-state index is 11.8. The summed E-state index contributed by atoms with van der Waals surface area (Å²) < 4.78 is 5.16. The Morgan fingerprint density at radius 2 is 2.05 bits per heavy atom. The predicted octanol–water partition coefficient (Wildman–Crippen LogP) is -1.72. The lowest BCUT2D eigenvalue weighted by molar-refractivity contribution is -0.233. The lowest BCUT2D eigenvalue weighted by atomic mass is 9.98. The van der Waals surface area contributed by atoms with Gasteiger partial charge in [-0.2, -0.15) is 0 Å². The highest BCUT2D eigenvalue weighted by Gasteiger charge is 2.44. The van der Waals surface area contributed by atoms with Crippen LogP contribution in [0.5, 0.6) is 0 Å². The zero-order chi connectivity index (χ0) is 14.0. The Labute approximate surface area is 113 Å². The van der Waals surface area contributed by atoms with E-state index >= 15 is 0 Å². The number of hydrogen-bond donors (Lipinski definition) is 5. The van der Waals surface area contributed by atoms with Gasteiger partial charge in [0.2, 0.25) is 0 Å². The second-order valence-corrected chi connectivity index (χ2v) is 5.15. The summed E-state index contributed by atoms with van der Waals surface area (Å²) in [7, 11) is 0. The number of rotatable bonds is 3. The highest BCUT2D eigenvalue weighted by Crippen LogP contribution is 2.20. The minimum absolute atomic E-state index is 0.428. The molecule has 7 nitrogen and oxygen atoms in total. The molecule has 2 heterocycles. The van der Waals surface area contributed by atoms with Gasteiger partial charge in [-0.3, -0.25) is 4.79 Å². The van der Waals surface area contributed by atoms with Crippen molar-refractivity contribution >= 4 is 17.2 Å². The maximum Gasteiger partial charge on any atom is 0.263 e. The molecular formula is C11H15NO6S. The number of nitrogens with one attached hydrogen (secondary N) is 1. The molecule has 0 aliphatic carbocycles. The fourth-order valence-corrected chi connectivity index (χ4v) is 2.46. The van der Waals surface area contributed by atoms with E-state index in [1.807, 2.05) is 0 Å². The number of aliphatic hydroxyl groups is 4. The molecule has 5 atom stereocenters. The number of carbonyl (C=O) groups excluding carboxylic acids is 1. The van der Waals surface area contributed by atoms with E-state index in [2.05, 4.69) is 5.32 Å². The average Bonchev–Trinajstić information content (AvgIpc) is 2.93.